The van der Waals surface area contributed by atoms with Gasteiger partial charge in [-0.25, -0.2) is 4.99 Å². The average molecular weight is 367 g/mol. The Bertz CT molecular complexity index is 874. The highest BCUT2D eigenvalue weighted by atomic mass is 35.5. The van der Waals surface area contributed by atoms with Crippen LogP contribution in [0.15, 0.2) is 46.1 Å². The third kappa shape index (κ3) is 2.76. The van der Waals surface area contributed by atoms with Gasteiger partial charge in [-0.05, 0) is 42.5 Å². The SMILES string of the molecule is Clc1ccc(N=c2scc(-c3cccs3)n2C2CC2)c(Cl)c1. The normalized spacial score (nSPS) is 15.5. The fraction of sp³-hybridized carbons (Fsp3) is 0.188. The quantitative estimate of drug-likeness (QED) is 0.528. The van der Waals surface area contributed by atoms with Crippen LogP contribution in [0.2, 0.25) is 10.0 Å². The molecular weight excluding hydrogens is 355 g/mol. The van der Waals surface area contributed by atoms with Crippen molar-refractivity contribution in [3.05, 3.63) is 55.9 Å². The van der Waals surface area contributed by atoms with Gasteiger partial charge in [0.05, 0.1) is 21.3 Å². The molecule has 3 aromatic rings. The molecule has 6 heteroatoms. The van der Waals surface area contributed by atoms with E-state index in [1.807, 2.05) is 12.1 Å². The Morgan fingerprint density at radius 1 is 1.14 bits per heavy atom. The Labute approximate surface area is 146 Å². The lowest BCUT2D eigenvalue weighted by atomic mass is 10.3. The van der Waals surface area contributed by atoms with Gasteiger partial charge in [0.25, 0.3) is 0 Å². The highest BCUT2D eigenvalue weighted by Crippen LogP contribution is 2.39. The molecule has 2 nitrogen and oxygen atoms in total. The first kappa shape index (κ1) is 14.5. The van der Waals surface area contributed by atoms with Crippen LogP contribution in [0.5, 0.6) is 0 Å². The van der Waals surface area contributed by atoms with Gasteiger partial charge in [-0.3, -0.25) is 0 Å². The second-order valence-corrected chi connectivity index (χ2v) is 7.82. The van der Waals surface area contributed by atoms with E-state index in [1.54, 1.807) is 28.7 Å². The Morgan fingerprint density at radius 2 is 2.00 bits per heavy atom. The maximum absolute atomic E-state index is 6.25. The van der Waals surface area contributed by atoms with Crippen LogP contribution in [0.1, 0.15) is 18.9 Å². The van der Waals surface area contributed by atoms with E-state index in [2.05, 4.69) is 27.5 Å². The zero-order valence-corrected chi connectivity index (χ0v) is 14.6. The maximum Gasteiger partial charge on any atom is 0.190 e. The number of aromatic nitrogens is 1. The third-order valence-corrected chi connectivity index (χ3v) is 5.82. The van der Waals surface area contributed by atoms with Crippen LogP contribution >= 0.6 is 45.9 Å². The first-order chi connectivity index (χ1) is 10.7. The molecule has 0 bridgehead atoms. The van der Waals surface area contributed by atoms with E-state index in [4.69, 9.17) is 28.2 Å². The van der Waals surface area contributed by atoms with Crippen molar-refractivity contribution in [2.75, 3.05) is 0 Å². The topological polar surface area (TPSA) is 17.3 Å². The van der Waals surface area contributed by atoms with Crippen LogP contribution in [0.3, 0.4) is 0 Å². The molecule has 1 fully saturated rings. The number of hydrogen-bond donors (Lipinski definition) is 0. The third-order valence-electron chi connectivity index (χ3n) is 3.55. The Kier molecular flexibility index (Phi) is 3.86. The van der Waals surface area contributed by atoms with Crippen LogP contribution in [-0.2, 0) is 0 Å². The Morgan fingerprint density at radius 3 is 2.68 bits per heavy atom. The summed E-state index contributed by atoms with van der Waals surface area (Å²) in [6, 6.07) is 10.2. The van der Waals surface area contributed by atoms with Crippen LogP contribution < -0.4 is 4.80 Å². The molecule has 2 heterocycles. The predicted molar refractivity (Wildman–Crippen MR) is 95.6 cm³/mol. The first-order valence-corrected chi connectivity index (χ1v) is 9.47. The highest BCUT2D eigenvalue weighted by molar-refractivity contribution is 7.14. The molecule has 1 aromatic carbocycles. The lowest BCUT2D eigenvalue weighted by Gasteiger charge is -2.05. The molecule has 0 radical (unpaired) electrons. The van der Waals surface area contributed by atoms with Gasteiger partial charge < -0.3 is 4.57 Å². The van der Waals surface area contributed by atoms with Crippen LogP contribution in [0.4, 0.5) is 5.69 Å². The highest BCUT2D eigenvalue weighted by Gasteiger charge is 2.27. The van der Waals surface area contributed by atoms with E-state index >= 15 is 0 Å². The van der Waals surface area contributed by atoms with Crippen molar-refractivity contribution in [2.24, 2.45) is 4.99 Å². The van der Waals surface area contributed by atoms with Gasteiger partial charge >= 0.3 is 0 Å². The summed E-state index contributed by atoms with van der Waals surface area (Å²) in [5.41, 5.74) is 2.02. The van der Waals surface area contributed by atoms with E-state index in [0.29, 0.717) is 16.1 Å². The van der Waals surface area contributed by atoms with Crippen LogP contribution in [0, 0.1) is 0 Å². The van der Waals surface area contributed by atoms with Crippen molar-refractivity contribution in [1.82, 2.24) is 4.57 Å². The number of thiophene rings is 1. The molecule has 1 saturated carbocycles. The molecule has 112 valence electrons. The lowest BCUT2D eigenvalue weighted by molar-refractivity contribution is 0.726. The van der Waals surface area contributed by atoms with Gasteiger partial charge in [0.1, 0.15) is 0 Å². The van der Waals surface area contributed by atoms with Crippen LogP contribution in [0.25, 0.3) is 10.6 Å². The van der Waals surface area contributed by atoms with Crippen molar-refractivity contribution in [1.29, 1.82) is 0 Å². The van der Waals surface area contributed by atoms with Crippen LogP contribution in [-0.4, -0.2) is 4.57 Å². The molecule has 0 amide bonds. The van der Waals surface area contributed by atoms with E-state index in [9.17, 15) is 0 Å². The fourth-order valence-electron chi connectivity index (χ4n) is 2.37. The number of thiazole rings is 1. The summed E-state index contributed by atoms with van der Waals surface area (Å²) in [4.78, 5) is 7.05. The largest absolute Gasteiger partial charge is 0.313 e. The standard InChI is InChI=1S/C16H12Cl2N2S2/c17-10-3-6-13(12(18)8-10)19-16-20(11-4-5-11)14(9-22-16)15-2-1-7-21-15/h1-3,6-9,11H,4-5H2. The van der Waals surface area contributed by atoms with Crippen molar-refractivity contribution < 1.29 is 0 Å². The Balaban J connectivity index is 1.87. The molecule has 22 heavy (non-hydrogen) atoms. The molecular formula is C16H12Cl2N2S2. The lowest BCUT2D eigenvalue weighted by Crippen LogP contribution is -2.14. The average Bonchev–Trinajstić information content (AvgIpc) is 3.02. The summed E-state index contributed by atoms with van der Waals surface area (Å²) in [7, 11) is 0. The Hall–Kier alpha value is -1.07. The maximum atomic E-state index is 6.25. The van der Waals surface area contributed by atoms with Gasteiger partial charge in [0, 0.05) is 16.4 Å². The summed E-state index contributed by atoms with van der Waals surface area (Å²) in [5.74, 6) is 0. The zero-order chi connectivity index (χ0) is 15.1. The molecule has 1 aliphatic carbocycles. The monoisotopic (exact) mass is 366 g/mol. The molecule has 0 atom stereocenters. The molecule has 0 spiro atoms. The van der Waals surface area contributed by atoms with E-state index in [0.717, 1.165) is 10.5 Å². The number of nitrogens with zero attached hydrogens (tertiary/aromatic N) is 2. The van der Waals surface area contributed by atoms with E-state index < -0.39 is 0 Å². The predicted octanol–water partition coefficient (Wildman–Crippen LogP) is 6.15. The molecule has 2 aromatic heterocycles. The van der Waals surface area contributed by atoms with Crippen molar-refractivity contribution in [2.45, 2.75) is 18.9 Å². The number of rotatable bonds is 3. The number of benzene rings is 1. The second-order valence-electron chi connectivity index (χ2n) is 5.19. The molecule has 0 N–H and O–H groups in total. The molecule has 0 unspecified atom stereocenters. The first-order valence-electron chi connectivity index (χ1n) is 6.96. The summed E-state index contributed by atoms with van der Waals surface area (Å²) in [5, 5.41) is 5.51. The number of halogens is 2. The number of hydrogen-bond acceptors (Lipinski definition) is 3. The minimum Gasteiger partial charge on any atom is -0.313 e. The van der Waals surface area contributed by atoms with E-state index in [1.165, 1.54) is 23.4 Å². The van der Waals surface area contributed by atoms with Gasteiger partial charge in [-0.15, -0.1) is 22.7 Å². The molecule has 1 aliphatic rings. The fourth-order valence-corrected chi connectivity index (χ4v) is 4.60. The summed E-state index contributed by atoms with van der Waals surface area (Å²) in [6.45, 7) is 0. The summed E-state index contributed by atoms with van der Waals surface area (Å²) in [6.07, 6.45) is 2.44. The van der Waals surface area contributed by atoms with Gasteiger partial charge in [0.2, 0.25) is 0 Å². The molecule has 0 aliphatic heterocycles. The molecule has 0 saturated heterocycles. The molecule has 4 rings (SSSR count). The summed E-state index contributed by atoms with van der Waals surface area (Å²) >= 11 is 15.6. The minimum absolute atomic E-state index is 0.563. The van der Waals surface area contributed by atoms with Crippen molar-refractivity contribution >= 4 is 51.6 Å². The van der Waals surface area contributed by atoms with Gasteiger partial charge in [-0.2, -0.15) is 0 Å². The van der Waals surface area contributed by atoms with Crippen molar-refractivity contribution in [3.63, 3.8) is 0 Å². The second kappa shape index (κ2) is 5.85. The zero-order valence-electron chi connectivity index (χ0n) is 11.5. The van der Waals surface area contributed by atoms with E-state index in [-0.39, 0.29) is 0 Å². The van der Waals surface area contributed by atoms with Gasteiger partial charge in [0.15, 0.2) is 4.80 Å². The van der Waals surface area contributed by atoms with Crippen molar-refractivity contribution in [3.8, 4) is 10.6 Å². The minimum atomic E-state index is 0.563. The summed E-state index contributed by atoms with van der Waals surface area (Å²) < 4.78 is 2.35. The smallest absolute Gasteiger partial charge is 0.190 e. The van der Waals surface area contributed by atoms with Gasteiger partial charge in [-0.1, -0.05) is 29.3 Å².